The largest absolute Gasteiger partial charge is 0.353 e. The SMILES string of the molecule is CCCCCC(=O)NC1CC1c1ccccc1. The van der Waals surface area contributed by atoms with Crippen molar-refractivity contribution in [2.75, 3.05) is 0 Å². The molecule has 1 aromatic rings. The Morgan fingerprint density at radius 2 is 2.06 bits per heavy atom. The Hall–Kier alpha value is -1.31. The fraction of sp³-hybridized carbons (Fsp3) is 0.533. The van der Waals surface area contributed by atoms with Crippen molar-refractivity contribution in [1.82, 2.24) is 5.32 Å². The maximum absolute atomic E-state index is 11.6. The minimum absolute atomic E-state index is 0.224. The van der Waals surface area contributed by atoms with Crippen LogP contribution in [0.2, 0.25) is 0 Å². The number of rotatable bonds is 6. The molecule has 92 valence electrons. The molecule has 2 heteroatoms. The van der Waals surface area contributed by atoms with Crippen LogP contribution in [0, 0.1) is 0 Å². The number of unbranched alkanes of at least 4 members (excludes halogenated alkanes) is 2. The molecule has 2 unspecified atom stereocenters. The number of nitrogens with one attached hydrogen (secondary N) is 1. The lowest BCUT2D eigenvalue weighted by atomic mass is 10.1. The zero-order valence-corrected chi connectivity index (χ0v) is 10.5. The Bertz CT molecular complexity index is 360. The van der Waals surface area contributed by atoms with Gasteiger partial charge < -0.3 is 5.32 Å². The fourth-order valence-electron chi connectivity index (χ4n) is 2.24. The fourth-order valence-corrected chi connectivity index (χ4v) is 2.24. The van der Waals surface area contributed by atoms with Crippen LogP contribution in [0.25, 0.3) is 0 Å². The van der Waals surface area contributed by atoms with Crippen LogP contribution in [0.5, 0.6) is 0 Å². The zero-order valence-electron chi connectivity index (χ0n) is 10.5. The highest BCUT2D eigenvalue weighted by Crippen LogP contribution is 2.40. The summed E-state index contributed by atoms with van der Waals surface area (Å²) in [4.78, 5) is 11.6. The number of hydrogen-bond acceptors (Lipinski definition) is 1. The van der Waals surface area contributed by atoms with E-state index in [2.05, 4.69) is 36.5 Å². The van der Waals surface area contributed by atoms with Crippen LogP contribution in [-0.4, -0.2) is 11.9 Å². The molecule has 0 spiro atoms. The molecule has 2 atom stereocenters. The minimum atomic E-state index is 0.224. The van der Waals surface area contributed by atoms with Gasteiger partial charge in [-0.05, 0) is 18.4 Å². The van der Waals surface area contributed by atoms with Crippen molar-refractivity contribution in [3.63, 3.8) is 0 Å². The summed E-state index contributed by atoms with van der Waals surface area (Å²) in [6, 6.07) is 10.8. The molecule has 0 saturated heterocycles. The first kappa shape index (κ1) is 12.2. The molecule has 1 saturated carbocycles. The van der Waals surface area contributed by atoms with E-state index < -0.39 is 0 Å². The predicted octanol–water partition coefficient (Wildman–Crippen LogP) is 3.24. The van der Waals surface area contributed by atoms with E-state index in [0.29, 0.717) is 18.4 Å². The molecule has 1 aliphatic rings. The maximum atomic E-state index is 11.6. The topological polar surface area (TPSA) is 29.1 Å². The summed E-state index contributed by atoms with van der Waals surface area (Å²) in [5.74, 6) is 0.771. The van der Waals surface area contributed by atoms with Gasteiger partial charge in [0.1, 0.15) is 0 Å². The van der Waals surface area contributed by atoms with E-state index in [1.807, 2.05) is 6.07 Å². The number of amides is 1. The lowest BCUT2D eigenvalue weighted by Gasteiger charge is -2.04. The first-order valence-electron chi connectivity index (χ1n) is 6.65. The highest BCUT2D eigenvalue weighted by atomic mass is 16.1. The minimum Gasteiger partial charge on any atom is -0.353 e. The second-order valence-corrected chi connectivity index (χ2v) is 4.88. The molecule has 1 aromatic carbocycles. The Morgan fingerprint density at radius 1 is 1.29 bits per heavy atom. The van der Waals surface area contributed by atoms with Crippen molar-refractivity contribution in [3.05, 3.63) is 35.9 Å². The van der Waals surface area contributed by atoms with Crippen LogP contribution in [0.4, 0.5) is 0 Å². The van der Waals surface area contributed by atoms with Gasteiger partial charge in [-0.25, -0.2) is 0 Å². The van der Waals surface area contributed by atoms with Crippen molar-refractivity contribution in [1.29, 1.82) is 0 Å². The molecule has 1 fully saturated rings. The number of carbonyl (C=O) groups excluding carboxylic acids is 1. The summed E-state index contributed by atoms with van der Waals surface area (Å²) in [5.41, 5.74) is 1.35. The monoisotopic (exact) mass is 231 g/mol. The summed E-state index contributed by atoms with van der Waals surface area (Å²) in [5, 5.41) is 3.12. The van der Waals surface area contributed by atoms with E-state index in [4.69, 9.17) is 0 Å². The smallest absolute Gasteiger partial charge is 0.220 e. The van der Waals surface area contributed by atoms with Gasteiger partial charge in [0.25, 0.3) is 0 Å². The lowest BCUT2D eigenvalue weighted by molar-refractivity contribution is -0.121. The molecule has 0 aromatic heterocycles. The van der Waals surface area contributed by atoms with E-state index in [9.17, 15) is 4.79 Å². The predicted molar refractivity (Wildman–Crippen MR) is 69.9 cm³/mol. The highest BCUT2D eigenvalue weighted by molar-refractivity contribution is 5.76. The van der Waals surface area contributed by atoms with Gasteiger partial charge in [-0.15, -0.1) is 0 Å². The quantitative estimate of drug-likeness (QED) is 0.748. The summed E-state index contributed by atoms with van der Waals surface area (Å²) in [6.45, 7) is 2.16. The molecule has 0 radical (unpaired) electrons. The van der Waals surface area contributed by atoms with Crippen molar-refractivity contribution >= 4 is 5.91 Å². The van der Waals surface area contributed by atoms with E-state index >= 15 is 0 Å². The molecule has 1 amide bonds. The van der Waals surface area contributed by atoms with Gasteiger partial charge in [0.2, 0.25) is 5.91 Å². The first-order chi connectivity index (χ1) is 8.31. The summed E-state index contributed by atoms with van der Waals surface area (Å²) >= 11 is 0. The van der Waals surface area contributed by atoms with Crippen LogP contribution >= 0.6 is 0 Å². The van der Waals surface area contributed by atoms with Crippen molar-refractivity contribution in [3.8, 4) is 0 Å². The molecule has 2 rings (SSSR count). The molecule has 0 bridgehead atoms. The lowest BCUT2D eigenvalue weighted by Crippen LogP contribution is -2.26. The standard InChI is InChI=1S/C15H21NO/c1-2-3-5-10-15(17)16-14-11-13(14)12-8-6-4-7-9-12/h4,6-9,13-14H,2-3,5,10-11H2,1H3,(H,16,17). The number of benzene rings is 1. The highest BCUT2D eigenvalue weighted by Gasteiger charge is 2.38. The summed E-state index contributed by atoms with van der Waals surface area (Å²) in [6.07, 6.45) is 5.13. The van der Waals surface area contributed by atoms with Gasteiger partial charge >= 0.3 is 0 Å². The van der Waals surface area contributed by atoms with Gasteiger partial charge in [0, 0.05) is 18.4 Å². The van der Waals surface area contributed by atoms with Crippen LogP contribution in [-0.2, 0) is 4.79 Å². The summed E-state index contributed by atoms with van der Waals surface area (Å²) < 4.78 is 0. The Labute approximate surface area is 103 Å². The molecule has 1 N–H and O–H groups in total. The van der Waals surface area contributed by atoms with Crippen LogP contribution in [0.1, 0.15) is 50.5 Å². The average Bonchev–Trinajstić information content (AvgIpc) is 3.10. The molecular weight excluding hydrogens is 210 g/mol. The van der Waals surface area contributed by atoms with Crippen molar-refractivity contribution in [2.45, 2.75) is 51.0 Å². The second kappa shape index (κ2) is 5.85. The van der Waals surface area contributed by atoms with Gasteiger partial charge in [-0.2, -0.15) is 0 Å². The zero-order chi connectivity index (χ0) is 12.1. The number of hydrogen-bond donors (Lipinski definition) is 1. The van der Waals surface area contributed by atoms with Crippen LogP contribution < -0.4 is 5.32 Å². The molecule has 0 aliphatic heterocycles. The normalized spacial score (nSPS) is 22.2. The second-order valence-electron chi connectivity index (χ2n) is 4.88. The Balaban J connectivity index is 1.71. The van der Waals surface area contributed by atoms with Gasteiger partial charge in [-0.3, -0.25) is 4.79 Å². The van der Waals surface area contributed by atoms with Gasteiger partial charge in [0.05, 0.1) is 0 Å². The van der Waals surface area contributed by atoms with E-state index in [1.165, 1.54) is 12.0 Å². The Kier molecular flexibility index (Phi) is 4.18. The van der Waals surface area contributed by atoms with Crippen LogP contribution in [0.3, 0.4) is 0 Å². The van der Waals surface area contributed by atoms with E-state index in [-0.39, 0.29) is 5.91 Å². The molecule has 1 aliphatic carbocycles. The average molecular weight is 231 g/mol. The van der Waals surface area contributed by atoms with Crippen molar-refractivity contribution in [2.24, 2.45) is 0 Å². The third-order valence-electron chi connectivity index (χ3n) is 3.37. The molecule has 2 nitrogen and oxygen atoms in total. The third-order valence-corrected chi connectivity index (χ3v) is 3.37. The Morgan fingerprint density at radius 3 is 2.76 bits per heavy atom. The third kappa shape index (κ3) is 3.58. The summed E-state index contributed by atoms with van der Waals surface area (Å²) in [7, 11) is 0. The van der Waals surface area contributed by atoms with Gasteiger partial charge in [0.15, 0.2) is 0 Å². The van der Waals surface area contributed by atoms with E-state index in [1.54, 1.807) is 0 Å². The van der Waals surface area contributed by atoms with Gasteiger partial charge in [-0.1, -0.05) is 50.1 Å². The maximum Gasteiger partial charge on any atom is 0.220 e. The van der Waals surface area contributed by atoms with E-state index in [0.717, 1.165) is 19.3 Å². The first-order valence-corrected chi connectivity index (χ1v) is 6.65. The molecule has 17 heavy (non-hydrogen) atoms. The molecule has 0 heterocycles. The van der Waals surface area contributed by atoms with Crippen molar-refractivity contribution < 1.29 is 4.79 Å². The molecular formula is C15H21NO. The van der Waals surface area contributed by atoms with Crippen LogP contribution in [0.15, 0.2) is 30.3 Å². The number of carbonyl (C=O) groups is 1.